The fourth-order valence-corrected chi connectivity index (χ4v) is 1.23. The molecule has 2 N–H and O–H groups in total. The predicted octanol–water partition coefficient (Wildman–Crippen LogP) is 0.975. The number of aromatic nitrogens is 5. The van der Waals surface area contributed by atoms with Gasteiger partial charge < -0.3 is 5.73 Å². The molecule has 2 rings (SSSR count). The number of nitrogens with zero attached hydrogens (tertiary/aromatic N) is 6. The highest BCUT2D eigenvalue weighted by atomic mass is 15.4. The second kappa shape index (κ2) is 6.42. The van der Waals surface area contributed by atoms with Gasteiger partial charge in [-0.3, -0.25) is 0 Å². The minimum Gasteiger partial charge on any atom is -0.322 e. The van der Waals surface area contributed by atoms with Crippen LogP contribution < -0.4 is 5.73 Å². The first-order chi connectivity index (χ1) is 8.72. The molecule has 0 aliphatic rings. The van der Waals surface area contributed by atoms with Crippen LogP contribution in [0.1, 0.15) is 38.3 Å². The van der Waals surface area contributed by atoms with Gasteiger partial charge in [-0.05, 0) is 6.92 Å². The molecule has 0 aliphatic carbocycles. The number of rotatable bonds is 2. The summed E-state index contributed by atoms with van der Waals surface area (Å²) in [6, 6.07) is 1.64. The molecule has 0 radical (unpaired) electrons. The van der Waals surface area contributed by atoms with E-state index in [9.17, 15) is 0 Å². The number of nitrogens with two attached hydrogens (primary N) is 1. The molecule has 7 nitrogen and oxygen atoms in total. The molecular formula is C11H15N7. The summed E-state index contributed by atoms with van der Waals surface area (Å²) in [6.07, 6.45) is 4.24. The molecule has 1 atom stereocenters. The van der Waals surface area contributed by atoms with Gasteiger partial charge in [-0.25, -0.2) is 15.0 Å². The van der Waals surface area contributed by atoms with Crippen LogP contribution in [0.2, 0.25) is 0 Å². The average Bonchev–Trinajstić information content (AvgIpc) is 2.90. The molecule has 0 amide bonds. The lowest BCUT2D eigenvalue weighted by atomic mass is 10.3. The van der Waals surface area contributed by atoms with Crippen molar-refractivity contribution in [3.8, 4) is 11.9 Å². The van der Waals surface area contributed by atoms with E-state index in [1.165, 1.54) is 23.4 Å². The Morgan fingerprint density at radius 3 is 2.50 bits per heavy atom. The van der Waals surface area contributed by atoms with Crippen LogP contribution in [0.25, 0.3) is 5.82 Å². The quantitative estimate of drug-likeness (QED) is 0.845. The van der Waals surface area contributed by atoms with Crippen LogP contribution in [0.5, 0.6) is 0 Å². The molecule has 18 heavy (non-hydrogen) atoms. The van der Waals surface area contributed by atoms with Gasteiger partial charge in [0.05, 0.1) is 18.4 Å². The van der Waals surface area contributed by atoms with Crippen molar-refractivity contribution in [2.45, 2.75) is 26.8 Å². The normalized spacial score (nSPS) is 11.1. The first-order valence-electron chi connectivity index (χ1n) is 5.60. The molecule has 0 spiro atoms. The fraction of sp³-hybridized carbons (Fsp3) is 0.364. The molecule has 7 heteroatoms. The van der Waals surface area contributed by atoms with Crippen molar-refractivity contribution in [2.75, 3.05) is 0 Å². The second-order valence-electron chi connectivity index (χ2n) is 3.19. The van der Waals surface area contributed by atoms with Gasteiger partial charge in [-0.15, -0.1) is 0 Å². The summed E-state index contributed by atoms with van der Waals surface area (Å²) >= 11 is 0. The standard InChI is InChI=1S/C9H9N7.C2H6/c1-6(11)9-14-5-15-16(9)8-4-12-7(2-10)3-13-8;1-2/h3-6H,11H2,1H3;1-2H3. The molecule has 0 aliphatic heterocycles. The largest absolute Gasteiger partial charge is 0.322 e. The zero-order valence-electron chi connectivity index (χ0n) is 10.6. The zero-order valence-corrected chi connectivity index (χ0v) is 10.6. The smallest absolute Gasteiger partial charge is 0.174 e. The summed E-state index contributed by atoms with van der Waals surface area (Å²) in [5.74, 6) is 1.09. The lowest BCUT2D eigenvalue weighted by Gasteiger charge is -2.06. The molecule has 0 saturated carbocycles. The van der Waals surface area contributed by atoms with Crippen molar-refractivity contribution < 1.29 is 0 Å². The SMILES string of the molecule is CC.CC(N)c1ncnn1-c1cnc(C#N)cn1. The molecule has 0 fully saturated rings. The summed E-state index contributed by atoms with van der Waals surface area (Å²) in [7, 11) is 0. The predicted molar refractivity (Wildman–Crippen MR) is 65.6 cm³/mol. The van der Waals surface area contributed by atoms with Crippen molar-refractivity contribution in [1.29, 1.82) is 5.26 Å². The van der Waals surface area contributed by atoms with Crippen LogP contribution in [-0.4, -0.2) is 24.7 Å². The summed E-state index contributed by atoms with van der Waals surface area (Å²) in [5, 5.41) is 12.6. The van der Waals surface area contributed by atoms with Gasteiger partial charge in [0.1, 0.15) is 12.4 Å². The summed E-state index contributed by atoms with van der Waals surface area (Å²) in [6.45, 7) is 5.80. The van der Waals surface area contributed by atoms with E-state index >= 15 is 0 Å². The van der Waals surface area contributed by atoms with Gasteiger partial charge in [0.25, 0.3) is 0 Å². The number of hydrogen-bond acceptors (Lipinski definition) is 6. The highest BCUT2D eigenvalue weighted by Crippen LogP contribution is 2.09. The maximum atomic E-state index is 8.59. The van der Waals surface area contributed by atoms with E-state index in [1.807, 2.05) is 19.9 Å². The minimum atomic E-state index is -0.250. The van der Waals surface area contributed by atoms with Gasteiger partial charge in [0.2, 0.25) is 0 Å². The molecule has 2 heterocycles. The van der Waals surface area contributed by atoms with Crippen LogP contribution in [0.3, 0.4) is 0 Å². The molecule has 2 aromatic heterocycles. The Bertz CT molecular complexity index is 521. The molecule has 94 valence electrons. The first-order valence-corrected chi connectivity index (χ1v) is 5.60. The van der Waals surface area contributed by atoms with E-state index in [0.29, 0.717) is 11.6 Å². The summed E-state index contributed by atoms with van der Waals surface area (Å²) < 4.78 is 1.50. The molecule has 0 saturated heterocycles. The van der Waals surface area contributed by atoms with Crippen molar-refractivity contribution in [3.05, 3.63) is 30.2 Å². The third-order valence-corrected chi connectivity index (χ3v) is 1.95. The van der Waals surface area contributed by atoms with E-state index in [4.69, 9.17) is 11.0 Å². The van der Waals surface area contributed by atoms with Gasteiger partial charge >= 0.3 is 0 Å². The van der Waals surface area contributed by atoms with Gasteiger partial charge in [-0.1, -0.05) is 13.8 Å². The van der Waals surface area contributed by atoms with Gasteiger partial charge in [0, 0.05) is 0 Å². The van der Waals surface area contributed by atoms with E-state index in [-0.39, 0.29) is 11.7 Å². The lowest BCUT2D eigenvalue weighted by molar-refractivity contribution is 0.679. The Hall–Kier alpha value is -2.33. The molecule has 1 unspecified atom stereocenters. The van der Waals surface area contributed by atoms with Crippen molar-refractivity contribution >= 4 is 0 Å². The Kier molecular flexibility index (Phi) is 4.90. The van der Waals surface area contributed by atoms with Crippen molar-refractivity contribution in [3.63, 3.8) is 0 Å². The van der Waals surface area contributed by atoms with E-state index in [2.05, 4.69) is 20.1 Å². The Morgan fingerprint density at radius 1 is 1.28 bits per heavy atom. The van der Waals surface area contributed by atoms with Crippen molar-refractivity contribution in [2.24, 2.45) is 5.73 Å². The highest BCUT2D eigenvalue weighted by Gasteiger charge is 2.11. The zero-order chi connectivity index (χ0) is 13.5. The Morgan fingerprint density at radius 2 is 2.00 bits per heavy atom. The van der Waals surface area contributed by atoms with E-state index in [1.54, 1.807) is 6.92 Å². The van der Waals surface area contributed by atoms with Crippen LogP contribution in [0.4, 0.5) is 0 Å². The Labute approximate surface area is 105 Å². The highest BCUT2D eigenvalue weighted by molar-refractivity contribution is 5.24. The lowest BCUT2D eigenvalue weighted by Crippen LogP contribution is -2.14. The second-order valence-corrected chi connectivity index (χ2v) is 3.19. The van der Waals surface area contributed by atoms with Crippen LogP contribution in [0, 0.1) is 11.3 Å². The van der Waals surface area contributed by atoms with Crippen LogP contribution in [-0.2, 0) is 0 Å². The molecule has 2 aromatic rings. The number of nitriles is 1. The Balaban J connectivity index is 0.000000771. The first kappa shape index (κ1) is 13.7. The molecule has 0 aromatic carbocycles. The minimum absolute atomic E-state index is 0.250. The fourth-order valence-electron chi connectivity index (χ4n) is 1.23. The third-order valence-electron chi connectivity index (χ3n) is 1.95. The van der Waals surface area contributed by atoms with Crippen LogP contribution >= 0.6 is 0 Å². The van der Waals surface area contributed by atoms with Crippen molar-refractivity contribution in [1.82, 2.24) is 24.7 Å². The summed E-state index contributed by atoms with van der Waals surface area (Å²) in [4.78, 5) is 12.0. The maximum Gasteiger partial charge on any atom is 0.174 e. The molecular weight excluding hydrogens is 230 g/mol. The average molecular weight is 245 g/mol. The number of hydrogen-bond donors (Lipinski definition) is 1. The summed E-state index contributed by atoms with van der Waals surface area (Å²) in [5.41, 5.74) is 5.98. The molecule has 0 bridgehead atoms. The van der Waals surface area contributed by atoms with E-state index in [0.717, 1.165) is 0 Å². The van der Waals surface area contributed by atoms with Crippen LogP contribution in [0.15, 0.2) is 18.7 Å². The monoisotopic (exact) mass is 245 g/mol. The third kappa shape index (κ3) is 2.87. The van der Waals surface area contributed by atoms with Gasteiger partial charge in [0.15, 0.2) is 17.3 Å². The van der Waals surface area contributed by atoms with E-state index < -0.39 is 0 Å². The maximum absolute atomic E-state index is 8.59. The topological polar surface area (TPSA) is 106 Å². The van der Waals surface area contributed by atoms with Gasteiger partial charge in [-0.2, -0.15) is 15.0 Å².